The van der Waals surface area contributed by atoms with Crippen molar-refractivity contribution >= 4 is 5.69 Å². The fraction of sp³-hybridized carbons (Fsp3) is 0.200. The average molecular weight is 202 g/mol. The summed E-state index contributed by atoms with van der Waals surface area (Å²) >= 11 is 0. The van der Waals surface area contributed by atoms with E-state index < -0.39 is 0 Å². The van der Waals surface area contributed by atoms with Gasteiger partial charge in [-0.2, -0.15) is 5.10 Å². The van der Waals surface area contributed by atoms with E-state index in [1.165, 1.54) is 6.33 Å². The van der Waals surface area contributed by atoms with Crippen LogP contribution in [0.4, 0.5) is 5.69 Å². The molecule has 2 N–H and O–H groups in total. The molecule has 1 aliphatic heterocycles. The Kier molecular flexibility index (Phi) is 1.81. The van der Waals surface area contributed by atoms with Crippen LogP contribution in [0.15, 0.2) is 24.5 Å². The van der Waals surface area contributed by atoms with Gasteiger partial charge >= 0.3 is 0 Å². The Balaban J connectivity index is 2.15. The predicted molar refractivity (Wildman–Crippen MR) is 55.8 cm³/mol. The summed E-state index contributed by atoms with van der Waals surface area (Å²) in [6, 6.07) is 5.93. The molecule has 0 saturated heterocycles. The molecular weight excluding hydrogens is 192 g/mol. The van der Waals surface area contributed by atoms with Crippen LogP contribution in [-0.2, 0) is 0 Å². The maximum absolute atomic E-state index is 5.63. The molecule has 0 atom stereocenters. The standard InChI is InChI=1S/C10H10N4O/c1-2-7(10-12-6-13-14-10)9-8(3-1)11-4-5-15-9/h1-3,6,11H,4-5H2,(H,12,13,14). The van der Waals surface area contributed by atoms with Gasteiger partial charge in [-0.05, 0) is 12.1 Å². The van der Waals surface area contributed by atoms with E-state index in [-0.39, 0.29) is 0 Å². The summed E-state index contributed by atoms with van der Waals surface area (Å²) in [4.78, 5) is 4.12. The Hall–Kier alpha value is -2.04. The van der Waals surface area contributed by atoms with Gasteiger partial charge in [-0.3, -0.25) is 5.10 Å². The van der Waals surface area contributed by atoms with E-state index in [0.29, 0.717) is 6.61 Å². The van der Waals surface area contributed by atoms with Crippen LogP contribution in [0.5, 0.6) is 5.75 Å². The van der Waals surface area contributed by atoms with E-state index in [1.54, 1.807) is 0 Å². The molecule has 3 rings (SSSR count). The highest BCUT2D eigenvalue weighted by molar-refractivity contribution is 5.75. The number of hydrogen-bond acceptors (Lipinski definition) is 4. The number of nitrogens with one attached hydrogen (secondary N) is 2. The van der Waals surface area contributed by atoms with Crippen LogP contribution in [0.25, 0.3) is 11.4 Å². The summed E-state index contributed by atoms with van der Waals surface area (Å²) in [5, 5.41) is 9.95. The zero-order valence-corrected chi connectivity index (χ0v) is 8.03. The number of benzene rings is 1. The predicted octanol–water partition coefficient (Wildman–Crippen LogP) is 1.28. The number of nitrogens with zero attached hydrogens (tertiary/aromatic N) is 2. The number of aromatic nitrogens is 3. The van der Waals surface area contributed by atoms with Gasteiger partial charge < -0.3 is 10.1 Å². The molecule has 0 radical (unpaired) electrons. The second-order valence-electron chi connectivity index (χ2n) is 3.29. The lowest BCUT2D eigenvalue weighted by Crippen LogP contribution is -2.18. The molecule has 1 aliphatic rings. The summed E-state index contributed by atoms with van der Waals surface area (Å²) in [5.41, 5.74) is 1.95. The molecule has 1 aromatic carbocycles. The largest absolute Gasteiger partial charge is 0.489 e. The van der Waals surface area contributed by atoms with Crippen molar-refractivity contribution in [3.05, 3.63) is 24.5 Å². The third-order valence-electron chi connectivity index (χ3n) is 2.35. The topological polar surface area (TPSA) is 62.8 Å². The van der Waals surface area contributed by atoms with Crippen LogP contribution in [0, 0.1) is 0 Å². The van der Waals surface area contributed by atoms with E-state index in [1.807, 2.05) is 18.2 Å². The Morgan fingerprint density at radius 2 is 2.33 bits per heavy atom. The molecule has 0 bridgehead atoms. The minimum absolute atomic E-state index is 0.679. The first-order chi connectivity index (χ1) is 7.45. The van der Waals surface area contributed by atoms with Gasteiger partial charge in [0.25, 0.3) is 0 Å². The van der Waals surface area contributed by atoms with E-state index in [4.69, 9.17) is 4.74 Å². The summed E-state index contributed by atoms with van der Waals surface area (Å²) in [5.74, 6) is 1.58. The van der Waals surface area contributed by atoms with Crippen LogP contribution < -0.4 is 10.1 Å². The van der Waals surface area contributed by atoms with Crippen molar-refractivity contribution in [2.45, 2.75) is 0 Å². The highest BCUT2D eigenvalue weighted by Gasteiger charge is 2.16. The van der Waals surface area contributed by atoms with Crippen LogP contribution in [0.2, 0.25) is 0 Å². The van der Waals surface area contributed by atoms with Crippen molar-refractivity contribution in [3.63, 3.8) is 0 Å². The van der Waals surface area contributed by atoms with E-state index in [2.05, 4.69) is 20.5 Å². The summed E-state index contributed by atoms with van der Waals surface area (Å²) in [6.45, 7) is 1.52. The van der Waals surface area contributed by atoms with Gasteiger partial charge in [-0.1, -0.05) is 6.07 Å². The summed E-state index contributed by atoms with van der Waals surface area (Å²) in [7, 11) is 0. The maximum Gasteiger partial charge on any atom is 0.159 e. The zero-order valence-electron chi connectivity index (χ0n) is 8.03. The van der Waals surface area contributed by atoms with Crippen LogP contribution in [-0.4, -0.2) is 28.3 Å². The molecular formula is C10H10N4O. The van der Waals surface area contributed by atoms with Gasteiger partial charge in [0.2, 0.25) is 0 Å². The van der Waals surface area contributed by atoms with Gasteiger partial charge in [0.15, 0.2) is 11.6 Å². The Morgan fingerprint density at radius 1 is 1.33 bits per heavy atom. The molecule has 5 heteroatoms. The Labute approximate surface area is 86.5 Å². The molecule has 0 amide bonds. The zero-order chi connectivity index (χ0) is 10.1. The molecule has 0 saturated carbocycles. The van der Waals surface area contributed by atoms with Crippen molar-refractivity contribution < 1.29 is 4.74 Å². The third-order valence-corrected chi connectivity index (χ3v) is 2.35. The summed E-state index contributed by atoms with van der Waals surface area (Å²) < 4.78 is 5.63. The number of anilines is 1. The molecule has 5 nitrogen and oxygen atoms in total. The number of rotatable bonds is 1. The Bertz CT molecular complexity index is 466. The van der Waals surface area contributed by atoms with Crippen molar-refractivity contribution in [3.8, 4) is 17.1 Å². The van der Waals surface area contributed by atoms with Crippen LogP contribution >= 0.6 is 0 Å². The first kappa shape index (κ1) is 8.28. The monoisotopic (exact) mass is 202 g/mol. The maximum atomic E-state index is 5.63. The molecule has 1 aromatic heterocycles. The third kappa shape index (κ3) is 1.32. The molecule has 0 unspecified atom stereocenters. The highest BCUT2D eigenvalue weighted by atomic mass is 16.5. The van der Waals surface area contributed by atoms with Crippen LogP contribution in [0.3, 0.4) is 0 Å². The van der Waals surface area contributed by atoms with Crippen molar-refractivity contribution in [1.29, 1.82) is 0 Å². The van der Waals surface area contributed by atoms with Crippen LogP contribution in [0.1, 0.15) is 0 Å². The van der Waals surface area contributed by atoms with Crippen molar-refractivity contribution in [2.24, 2.45) is 0 Å². The van der Waals surface area contributed by atoms with Crippen molar-refractivity contribution in [1.82, 2.24) is 15.2 Å². The first-order valence-corrected chi connectivity index (χ1v) is 4.80. The van der Waals surface area contributed by atoms with Gasteiger partial charge in [0.1, 0.15) is 12.9 Å². The number of aromatic amines is 1. The normalized spacial score (nSPS) is 13.9. The number of para-hydroxylation sites is 1. The minimum atomic E-state index is 0.679. The average Bonchev–Trinajstić information content (AvgIpc) is 2.82. The molecule has 0 aliphatic carbocycles. The smallest absolute Gasteiger partial charge is 0.159 e. The minimum Gasteiger partial charge on any atom is -0.489 e. The summed E-state index contributed by atoms with van der Waals surface area (Å²) in [6.07, 6.45) is 1.49. The number of H-pyrrole nitrogens is 1. The van der Waals surface area contributed by atoms with E-state index >= 15 is 0 Å². The van der Waals surface area contributed by atoms with Gasteiger partial charge in [-0.25, -0.2) is 4.98 Å². The SMILES string of the molecule is c1cc2c(c(-c3ncn[nH]3)c1)OCCN2. The van der Waals surface area contributed by atoms with E-state index in [9.17, 15) is 0 Å². The lowest BCUT2D eigenvalue weighted by atomic mass is 10.1. The van der Waals surface area contributed by atoms with Gasteiger partial charge in [0, 0.05) is 6.54 Å². The fourth-order valence-corrected chi connectivity index (χ4v) is 1.69. The molecule has 76 valence electrons. The van der Waals surface area contributed by atoms with Crippen molar-refractivity contribution in [2.75, 3.05) is 18.5 Å². The van der Waals surface area contributed by atoms with Gasteiger partial charge in [-0.15, -0.1) is 0 Å². The molecule has 0 spiro atoms. The second-order valence-corrected chi connectivity index (χ2v) is 3.29. The number of fused-ring (bicyclic) bond motifs is 1. The molecule has 2 aromatic rings. The number of hydrogen-bond donors (Lipinski definition) is 2. The molecule has 15 heavy (non-hydrogen) atoms. The Morgan fingerprint density at radius 3 is 3.20 bits per heavy atom. The quantitative estimate of drug-likeness (QED) is 0.731. The highest BCUT2D eigenvalue weighted by Crippen LogP contribution is 2.36. The lowest BCUT2D eigenvalue weighted by Gasteiger charge is -2.20. The molecule has 2 heterocycles. The molecule has 0 fully saturated rings. The number of ether oxygens (including phenoxy) is 1. The fourth-order valence-electron chi connectivity index (χ4n) is 1.69. The van der Waals surface area contributed by atoms with E-state index in [0.717, 1.165) is 29.4 Å². The first-order valence-electron chi connectivity index (χ1n) is 4.80. The lowest BCUT2D eigenvalue weighted by molar-refractivity contribution is 0.324. The second kappa shape index (κ2) is 3.27. The van der Waals surface area contributed by atoms with Gasteiger partial charge in [0.05, 0.1) is 11.3 Å².